The number of nitrogens with two attached hydrogens (primary N) is 1. The van der Waals surface area contributed by atoms with Gasteiger partial charge >= 0.3 is 0 Å². The van der Waals surface area contributed by atoms with E-state index < -0.39 is 0 Å². The summed E-state index contributed by atoms with van der Waals surface area (Å²) in [5.74, 6) is 0.886. The molecule has 96 valence electrons. The third kappa shape index (κ3) is 3.12. The van der Waals surface area contributed by atoms with Crippen LogP contribution in [0.4, 0.5) is 0 Å². The second-order valence-electron chi connectivity index (χ2n) is 4.32. The van der Waals surface area contributed by atoms with Crippen LogP contribution < -0.4 is 10.5 Å². The van der Waals surface area contributed by atoms with Crippen LogP contribution in [0.25, 0.3) is 0 Å². The molecule has 1 atom stereocenters. The van der Waals surface area contributed by atoms with Gasteiger partial charge in [0.2, 0.25) is 0 Å². The smallest absolute Gasteiger partial charge is 0.118 e. The Morgan fingerprint density at radius 1 is 1.17 bits per heavy atom. The lowest BCUT2D eigenvalue weighted by atomic mass is 10.1. The number of thiophene rings is 1. The number of ether oxygens (including phenoxy) is 1. The number of hydrogen-bond acceptors (Lipinski definition) is 3. The van der Waals surface area contributed by atoms with Crippen molar-refractivity contribution in [3.63, 3.8) is 0 Å². The van der Waals surface area contributed by atoms with Crippen LogP contribution >= 0.6 is 11.3 Å². The summed E-state index contributed by atoms with van der Waals surface area (Å²) in [6.45, 7) is 2.17. The van der Waals surface area contributed by atoms with Gasteiger partial charge in [0.1, 0.15) is 5.75 Å². The highest BCUT2D eigenvalue weighted by molar-refractivity contribution is 7.12. The quantitative estimate of drug-likeness (QED) is 0.893. The van der Waals surface area contributed by atoms with Gasteiger partial charge in [-0.15, -0.1) is 11.3 Å². The molecule has 1 heterocycles. The first kappa shape index (κ1) is 13.1. The fraction of sp³-hybridized carbons (Fsp3) is 0.333. The fourth-order valence-electron chi connectivity index (χ4n) is 1.90. The molecule has 0 saturated heterocycles. The van der Waals surface area contributed by atoms with E-state index in [2.05, 4.69) is 31.2 Å². The molecule has 1 aromatic carbocycles. The average molecular weight is 261 g/mol. The Hall–Kier alpha value is -1.32. The molecule has 0 aliphatic rings. The molecule has 0 aliphatic carbocycles. The second kappa shape index (κ2) is 6.03. The molecule has 1 aromatic heterocycles. The Balaban J connectivity index is 2.03. The van der Waals surface area contributed by atoms with Gasteiger partial charge in [-0.3, -0.25) is 0 Å². The summed E-state index contributed by atoms with van der Waals surface area (Å²) in [6, 6.07) is 12.5. The topological polar surface area (TPSA) is 35.2 Å². The monoisotopic (exact) mass is 261 g/mol. The number of hydrogen-bond donors (Lipinski definition) is 1. The van der Waals surface area contributed by atoms with Gasteiger partial charge < -0.3 is 10.5 Å². The van der Waals surface area contributed by atoms with Gasteiger partial charge in [-0.1, -0.05) is 19.1 Å². The van der Waals surface area contributed by atoms with Crippen molar-refractivity contribution < 1.29 is 4.74 Å². The van der Waals surface area contributed by atoms with E-state index in [4.69, 9.17) is 10.5 Å². The lowest BCUT2D eigenvalue weighted by Crippen LogP contribution is -2.11. The van der Waals surface area contributed by atoms with Gasteiger partial charge in [-0.2, -0.15) is 0 Å². The van der Waals surface area contributed by atoms with E-state index >= 15 is 0 Å². The largest absolute Gasteiger partial charge is 0.497 e. The maximum atomic E-state index is 6.24. The Labute approximate surface area is 112 Å². The van der Waals surface area contributed by atoms with Gasteiger partial charge in [-0.05, 0) is 42.7 Å². The van der Waals surface area contributed by atoms with Crippen molar-refractivity contribution in [3.05, 3.63) is 51.7 Å². The molecule has 2 rings (SSSR count). The molecule has 2 aromatic rings. The summed E-state index contributed by atoms with van der Waals surface area (Å²) in [7, 11) is 1.68. The van der Waals surface area contributed by atoms with Crippen LogP contribution in [-0.2, 0) is 12.8 Å². The maximum Gasteiger partial charge on any atom is 0.118 e. The van der Waals surface area contributed by atoms with E-state index in [-0.39, 0.29) is 6.04 Å². The third-order valence-corrected chi connectivity index (χ3v) is 4.37. The summed E-state index contributed by atoms with van der Waals surface area (Å²) < 4.78 is 5.15. The molecule has 18 heavy (non-hydrogen) atoms. The van der Waals surface area contributed by atoms with Gasteiger partial charge in [-0.25, -0.2) is 0 Å². The lowest BCUT2D eigenvalue weighted by molar-refractivity contribution is 0.414. The molecule has 0 fully saturated rings. The van der Waals surface area contributed by atoms with Gasteiger partial charge in [0.25, 0.3) is 0 Å². The second-order valence-corrected chi connectivity index (χ2v) is 5.52. The van der Waals surface area contributed by atoms with E-state index in [0.717, 1.165) is 18.6 Å². The number of methoxy groups -OCH3 is 1. The Morgan fingerprint density at radius 2 is 1.89 bits per heavy atom. The van der Waals surface area contributed by atoms with Crippen molar-refractivity contribution in [1.29, 1.82) is 0 Å². The molecule has 0 aliphatic heterocycles. The maximum absolute atomic E-state index is 6.24. The summed E-state index contributed by atoms with van der Waals surface area (Å²) in [5.41, 5.74) is 7.49. The van der Waals surface area contributed by atoms with Gasteiger partial charge in [0.05, 0.1) is 7.11 Å². The van der Waals surface area contributed by atoms with E-state index in [1.807, 2.05) is 23.5 Å². The number of aryl methyl sites for hydroxylation is 1. The first-order valence-electron chi connectivity index (χ1n) is 6.20. The molecule has 3 heteroatoms. The van der Waals surface area contributed by atoms with Crippen LogP contribution in [0.1, 0.15) is 28.3 Å². The van der Waals surface area contributed by atoms with Crippen molar-refractivity contribution in [2.75, 3.05) is 7.11 Å². The zero-order valence-corrected chi connectivity index (χ0v) is 11.7. The van der Waals surface area contributed by atoms with Crippen molar-refractivity contribution in [1.82, 2.24) is 0 Å². The molecular weight excluding hydrogens is 242 g/mol. The Bertz CT molecular complexity index is 489. The van der Waals surface area contributed by atoms with E-state index in [1.54, 1.807) is 7.11 Å². The molecule has 1 unspecified atom stereocenters. The van der Waals surface area contributed by atoms with Crippen molar-refractivity contribution in [3.8, 4) is 5.75 Å². The van der Waals surface area contributed by atoms with Crippen LogP contribution in [0.15, 0.2) is 36.4 Å². The molecular formula is C15H19NOS. The first-order chi connectivity index (χ1) is 8.72. The van der Waals surface area contributed by atoms with Crippen molar-refractivity contribution in [2.24, 2.45) is 5.73 Å². The highest BCUT2D eigenvalue weighted by Gasteiger charge is 2.09. The van der Waals surface area contributed by atoms with Crippen LogP contribution in [0.2, 0.25) is 0 Å². The molecule has 0 bridgehead atoms. The minimum atomic E-state index is 0.0868. The van der Waals surface area contributed by atoms with E-state index in [0.29, 0.717) is 0 Å². The normalized spacial score (nSPS) is 12.4. The highest BCUT2D eigenvalue weighted by atomic mass is 32.1. The third-order valence-electron chi connectivity index (χ3n) is 3.01. The van der Waals surface area contributed by atoms with Crippen LogP contribution in [0.5, 0.6) is 5.75 Å². The van der Waals surface area contributed by atoms with E-state index in [1.165, 1.54) is 15.3 Å². The summed E-state index contributed by atoms with van der Waals surface area (Å²) in [6.07, 6.45) is 1.95. The van der Waals surface area contributed by atoms with Gasteiger partial charge in [0, 0.05) is 15.8 Å². The molecule has 0 radical (unpaired) electrons. The lowest BCUT2D eigenvalue weighted by Gasteiger charge is -2.10. The summed E-state index contributed by atoms with van der Waals surface area (Å²) in [4.78, 5) is 2.66. The first-order valence-corrected chi connectivity index (χ1v) is 7.01. The molecule has 0 saturated carbocycles. The predicted molar refractivity (Wildman–Crippen MR) is 77.3 cm³/mol. The molecule has 0 amide bonds. The molecule has 2 N–H and O–H groups in total. The minimum Gasteiger partial charge on any atom is -0.497 e. The highest BCUT2D eigenvalue weighted by Crippen LogP contribution is 2.25. The van der Waals surface area contributed by atoms with E-state index in [9.17, 15) is 0 Å². The SMILES string of the molecule is CCc1ccc(C(N)Cc2ccc(OC)cc2)s1. The molecule has 2 nitrogen and oxygen atoms in total. The van der Waals surface area contributed by atoms with Crippen LogP contribution in [0.3, 0.4) is 0 Å². The summed E-state index contributed by atoms with van der Waals surface area (Å²) >= 11 is 1.82. The Morgan fingerprint density at radius 3 is 2.44 bits per heavy atom. The standard InChI is InChI=1S/C15H19NOS/c1-3-13-8-9-15(18-13)14(16)10-11-4-6-12(17-2)7-5-11/h4-9,14H,3,10,16H2,1-2H3. The molecule has 0 spiro atoms. The van der Waals surface area contributed by atoms with Crippen molar-refractivity contribution >= 4 is 11.3 Å². The van der Waals surface area contributed by atoms with Crippen LogP contribution in [-0.4, -0.2) is 7.11 Å². The van der Waals surface area contributed by atoms with Crippen LogP contribution in [0, 0.1) is 0 Å². The number of benzene rings is 1. The summed E-state index contributed by atoms with van der Waals surface area (Å²) in [5, 5.41) is 0. The zero-order chi connectivity index (χ0) is 13.0. The average Bonchev–Trinajstić information content (AvgIpc) is 2.88. The minimum absolute atomic E-state index is 0.0868. The van der Waals surface area contributed by atoms with Gasteiger partial charge in [0.15, 0.2) is 0 Å². The predicted octanol–water partition coefficient (Wildman–Crippen LogP) is 3.56. The fourth-order valence-corrected chi connectivity index (χ4v) is 2.85. The zero-order valence-electron chi connectivity index (χ0n) is 10.8. The van der Waals surface area contributed by atoms with Crippen molar-refractivity contribution in [2.45, 2.75) is 25.8 Å². The number of rotatable bonds is 5. The Kier molecular flexibility index (Phi) is 4.39.